The van der Waals surface area contributed by atoms with Crippen molar-refractivity contribution in [1.82, 2.24) is 5.32 Å². The lowest BCUT2D eigenvalue weighted by atomic mass is 9.74. The Kier molecular flexibility index (Phi) is 22.9. The van der Waals surface area contributed by atoms with Crippen molar-refractivity contribution in [3.8, 4) is 0 Å². The lowest BCUT2D eigenvalue weighted by Crippen LogP contribution is -2.39. The molecule has 210 valence electrons. The van der Waals surface area contributed by atoms with E-state index in [0.717, 1.165) is 17.0 Å². The number of unbranched alkanes of at least 4 members (excludes halogenated alkanes) is 1. The van der Waals surface area contributed by atoms with Crippen LogP contribution in [0.25, 0.3) is 0 Å². The summed E-state index contributed by atoms with van der Waals surface area (Å²) in [7, 11) is 0. The van der Waals surface area contributed by atoms with Crippen LogP contribution in [0.15, 0.2) is 77.0 Å². The third-order valence-electron chi connectivity index (χ3n) is 6.91. The fourth-order valence-electron chi connectivity index (χ4n) is 3.97. The molecule has 1 heterocycles. The molecular weight excluding hydrogens is 448 g/mol. The molecule has 0 aliphatic carbocycles. The monoisotopic (exact) mass is 508 g/mol. The number of hydrogen-bond acceptors (Lipinski definition) is 2. The lowest BCUT2D eigenvalue weighted by Gasteiger charge is -2.37. The van der Waals surface area contributed by atoms with Gasteiger partial charge in [-0.05, 0) is 108 Å². The molecule has 2 rings (SSSR count). The number of allylic oxidation sites excluding steroid dienone is 6. The van der Waals surface area contributed by atoms with Crippen LogP contribution < -0.4 is 5.32 Å². The van der Waals surface area contributed by atoms with E-state index in [9.17, 15) is 0 Å². The van der Waals surface area contributed by atoms with Crippen molar-refractivity contribution in [2.24, 2.45) is 10.4 Å². The number of nitrogens with one attached hydrogen (secondary N) is 1. The smallest absolute Gasteiger partial charge is 0.0613 e. The third-order valence-corrected chi connectivity index (χ3v) is 6.91. The van der Waals surface area contributed by atoms with Crippen molar-refractivity contribution in [2.75, 3.05) is 13.1 Å². The summed E-state index contributed by atoms with van der Waals surface area (Å²) in [5.41, 5.74) is 7.56. The highest BCUT2D eigenvalue weighted by atomic mass is 14.9. The van der Waals surface area contributed by atoms with Crippen LogP contribution in [0.2, 0.25) is 0 Å². The largest absolute Gasteiger partial charge is 0.316 e. The van der Waals surface area contributed by atoms with Gasteiger partial charge >= 0.3 is 0 Å². The van der Waals surface area contributed by atoms with Gasteiger partial charge in [0.15, 0.2) is 0 Å². The Bertz CT molecular complexity index is 825. The fraction of sp³-hybridized carbons (Fsp3) is 0.571. The lowest BCUT2D eigenvalue weighted by molar-refractivity contribution is 0.179. The first-order chi connectivity index (χ1) is 17.7. The van der Waals surface area contributed by atoms with Crippen molar-refractivity contribution in [3.05, 3.63) is 83.1 Å². The second kappa shape index (κ2) is 23.0. The van der Waals surface area contributed by atoms with Crippen LogP contribution >= 0.6 is 0 Å². The maximum Gasteiger partial charge on any atom is 0.0613 e. The van der Waals surface area contributed by atoms with Gasteiger partial charge in [-0.1, -0.05) is 95.7 Å². The van der Waals surface area contributed by atoms with Crippen LogP contribution in [-0.4, -0.2) is 18.8 Å². The molecule has 2 nitrogen and oxygen atoms in total. The van der Waals surface area contributed by atoms with Gasteiger partial charge in [0.1, 0.15) is 0 Å². The predicted molar refractivity (Wildman–Crippen MR) is 172 cm³/mol. The maximum atomic E-state index is 4.52. The van der Waals surface area contributed by atoms with Crippen LogP contribution in [0.3, 0.4) is 0 Å². The molecule has 0 amide bonds. The summed E-state index contributed by atoms with van der Waals surface area (Å²) in [5, 5.41) is 3.54. The first-order valence-electron chi connectivity index (χ1n) is 14.6. The minimum atomic E-state index is 0.661. The van der Waals surface area contributed by atoms with E-state index in [0.29, 0.717) is 5.41 Å². The van der Waals surface area contributed by atoms with Gasteiger partial charge in [-0.2, -0.15) is 0 Å². The molecule has 1 N–H and O–H groups in total. The maximum absolute atomic E-state index is 4.52. The molecule has 0 radical (unpaired) electrons. The van der Waals surface area contributed by atoms with Gasteiger partial charge in [-0.15, -0.1) is 0 Å². The molecule has 37 heavy (non-hydrogen) atoms. The minimum Gasteiger partial charge on any atom is -0.316 e. The van der Waals surface area contributed by atoms with Crippen LogP contribution in [0.4, 0.5) is 0 Å². The Morgan fingerprint density at radius 2 is 1.65 bits per heavy atom. The van der Waals surface area contributed by atoms with E-state index < -0.39 is 0 Å². The van der Waals surface area contributed by atoms with Crippen molar-refractivity contribution < 1.29 is 0 Å². The van der Waals surface area contributed by atoms with E-state index in [1.54, 1.807) is 0 Å². The van der Waals surface area contributed by atoms with E-state index in [2.05, 4.69) is 81.8 Å². The molecule has 1 aromatic carbocycles. The van der Waals surface area contributed by atoms with E-state index >= 15 is 0 Å². The van der Waals surface area contributed by atoms with Crippen LogP contribution in [0, 0.1) is 19.3 Å². The van der Waals surface area contributed by atoms with Gasteiger partial charge in [0.2, 0.25) is 0 Å². The molecule has 1 aliphatic rings. The molecule has 1 aliphatic heterocycles. The molecule has 1 aromatic rings. The summed E-state index contributed by atoms with van der Waals surface area (Å²) in [4.78, 5) is 4.52. The van der Waals surface area contributed by atoms with Crippen molar-refractivity contribution in [3.63, 3.8) is 0 Å². The number of aliphatic imine (C=N–C) groups is 1. The zero-order valence-corrected chi connectivity index (χ0v) is 26.4. The number of hydrogen-bond donors (Lipinski definition) is 1. The van der Waals surface area contributed by atoms with Gasteiger partial charge < -0.3 is 5.32 Å². The summed E-state index contributed by atoms with van der Waals surface area (Å²) >= 11 is 0. The molecule has 0 spiro atoms. The minimum absolute atomic E-state index is 0.661. The summed E-state index contributed by atoms with van der Waals surface area (Å²) < 4.78 is 0. The van der Waals surface area contributed by atoms with Gasteiger partial charge in [-0.25, -0.2) is 0 Å². The van der Waals surface area contributed by atoms with E-state index in [1.807, 2.05) is 59.8 Å². The Hall–Kier alpha value is -2.19. The number of rotatable bonds is 8. The molecule has 1 saturated heterocycles. The zero-order valence-electron chi connectivity index (χ0n) is 26.4. The highest BCUT2D eigenvalue weighted by Gasteiger charge is 2.28. The Morgan fingerprint density at radius 3 is 2.03 bits per heavy atom. The van der Waals surface area contributed by atoms with E-state index in [-0.39, 0.29) is 0 Å². The quantitative estimate of drug-likeness (QED) is 0.274. The van der Waals surface area contributed by atoms with E-state index in [1.165, 1.54) is 68.3 Å². The summed E-state index contributed by atoms with van der Waals surface area (Å²) in [6.45, 7) is 29.3. The fourth-order valence-corrected chi connectivity index (χ4v) is 3.97. The topological polar surface area (TPSA) is 24.4 Å². The van der Waals surface area contributed by atoms with Crippen molar-refractivity contribution in [1.29, 1.82) is 0 Å². The molecule has 0 bridgehead atoms. The van der Waals surface area contributed by atoms with Crippen LogP contribution in [-0.2, 0) is 0 Å². The van der Waals surface area contributed by atoms with Crippen LogP contribution in [0.1, 0.15) is 112 Å². The molecule has 1 unspecified atom stereocenters. The molecule has 1 atom stereocenters. The first-order valence-corrected chi connectivity index (χ1v) is 14.6. The molecule has 2 heteroatoms. The van der Waals surface area contributed by atoms with Gasteiger partial charge in [0, 0.05) is 12.3 Å². The molecular formula is C35H60N2. The van der Waals surface area contributed by atoms with Crippen LogP contribution in [0.5, 0.6) is 0 Å². The highest BCUT2D eigenvalue weighted by molar-refractivity contribution is 5.98. The van der Waals surface area contributed by atoms with Gasteiger partial charge in [0.25, 0.3) is 0 Å². The first kappa shape index (κ1) is 37.0. The summed E-state index contributed by atoms with van der Waals surface area (Å²) in [6.07, 6.45) is 16.5. The summed E-state index contributed by atoms with van der Waals surface area (Å²) in [5.74, 6) is 0. The number of aryl methyl sites for hydroxylation is 2. The Morgan fingerprint density at radius 1 is 1.05 bits per heavy atom. The predicted octanol–water partition coefficient (Wildman–Crippen LogP) is 10.7. The molecule has 0 saturated carbocycles. The standard InChI is InChI=1S/C14H21N.C11H23N.C8H10.C2H6/c1-7-9-10-12(5)13(6)15-14(8-2)11(3)4;1-3-5-7-11(4-2)8-6-9-12-10-11;1-7-5-3-4-6-8(7)2;1-2/h7-10H,3H2,1-2,4-6H3;12H,3-10H2,1-2H3;3-6H,1-2H3;1-2H3/b9-7-,12-10+,14-8-,15-13-;;;. The van der Waals surface area contributed by atoms with Gasteiger partial charge in [0.05, 0.1) is 5.70 Å². The van der Waals surface area contributed by atoms with Crippen molar-refractivity contribution in [2.45, 2.75) is 115 Å². The normalized spacial score (nSPS) is 18.1. The second-order valence-corrected chi connectivity index (χ2v) is 9.85. The number of nitrogens with zero attached hydrogens (tertiary/aromatic N) is 1. The number of piperidine rings is 1. The highest BCUT2D eigenvalue weighted by Crippen LogP contribution is 2.35. The molecule has 1 fully saturated rings. The third kappa shape index (κ3) is 17.0. The van der Waals surface area contributed by atoms with Gasteiger partial charge in [-0.3, -0.25) is 4.99 Å². The summed E-state index contributed by atoms with van der Waals surface area (Å²) in [6, 6.07) is 8.36. The zero-order chi connectivity index (χ0) is 28.7. The second-order valence-electron chi connectivity index (χ2n) is 9.85. The molecule has 0 aromatic heterocycles. The average Bonchev–Trinajstić information content (AvgIpc) is 2.92. The average molecular weight is 509 g/mol. The SMILES string of the molecule is C=C(C)C(=C/C)/N=C(C)\C(C)=C\C=C/C.CC.CCCCC1(CC)CCCNC1.Cc1ccccc1C. The van der Waals surface area contributed by atoms with E-state index in [4.69, 9.17) is 0 Å². The Balaban J connectivity index is 0. The van der Waals surface area contributed by atoms with Crippen molar-refractivity contribution >= 4 is 5.71 Å². The number of benzene rings is 1. The Labute approximate surface area is 232 Å².